The molecule has 0 bridgehead atoms. The summed E-state index contributed by atoms with van der Waals surface area (Å²) in [6.07, 6.45) is 6.67. The van der Waals surface area contributed by atoms with Crippen molar-refractivity contribution in [2.24, 2.45) is 11.3 Å². The number of benzene rings is 1. The Labute approximate surface area is 132 Å². The molecule has 1 saturated carbocycles. The van der Waals surface area contributed by atoms with Crippen LogP contribution in [0.3, 0.4) is 0 Å². The van der Waals surface area contributed by atoms with Crippen LogP contribution in [0.25, 0.3) is 6.08 Å². The molecule has 1 atom stereocenters. The average Bonchev–Trinajstić information content (AvgIpc) is 3.36. The highest BCUT2D eigenvalue weighted by molar-refractivity contribution is 5.59. The van der Waals surface area contributed by atoms with Crippen molar-refractivity contribution >= 4 is 6.08 Å². The first-order valence-corrected chi connectivity index (χ1v) is 7.89. The van der Waals surface area contributed by atoms with Crippen molar-refractivity contribution in [1.82, 2.24) is 0 Å². The molecule has 0 aliphatic heterocycles. The smallest absolute Gasteiger partial charge is 0.104 e. The number of nitrogens with zero attached hydrogens (tertiary/aromatic N) is 2. The Hall–Kier alpha value is -2.10. The van der Waals surface area contributed by atoms with Gasteiger partial charge in [-0.1, -0.05) is 57.0 Å². The van der Waals surface area contributed by atoms with Crippen LogP contribution in [0.2, 0.25) is 0 Å². The molecule has 0 spiro atoms. The van der Waals surface area contributed by atoms with E-state index in [1.54, 1.807) is 18.2 Å². The molecule has 0 amide bonds. The maximum atomic E-state index is 11.3. The van der Waals surface area contributed by atoms with E-state index in [2.05, 4.69) is 12.1 Å². The molecule has 0 radical (unpaired) electrons. The van der Waals surface area contributed by atoms with Crippen LogP contribution < -0.4 is 0 Å². The van der Waals surface area contributed by atoms with Crippen molar-refractivity contribution in [1.29, 1.82) is 10.5 Å². The molecule has 22 heavy (non-hydrogen) atoms. The van der Waals surface area contributed by atoms with Gasteiger partial charge in [0.2, 0.25) is 0 Å². The summed E-state index contributed by atoms with van der Waals surface area (Å²) in [5.74, 6) is 0.0418. The van der Waals surface area contributed by atoms with Gasteiger partial charge in [-0.05, 0) is 30.4 Å². The number of nitriles is 2. The third kappa shape index (κ3) is 2.65. The lowest BCUT2D eigenvalue weighted by atomic mass is 9.72. The molecule has 1 aliphatic carbocycles. The van der Waals surface area contributed by atoms with Gasteiger partial charge >= 0.3 is 0 Å². The Balaban J connectivity index is 2.42. The van der Waals surface area contributed by atoms with Gasteiger partial charge in [-0.15, -0.1) is 0 Å². The Kier molecular flexibility index (Phi) is 4.69. The summed E-state index contributed by atoms with van der Waals surface area (Å²) in [7, 11) is 0. The molecule has 3 nitrogen and oxygen atoms in total. The van der Waals surface area contributed by atoms with E-state index < -0.39 is 11.0 Å². The van der Waals surface area contributed by atoms with Crippen molar-refractivity contribution in [2.45, 2.75) is 45.1 Å². The van der Waals surface area contributed by atoms with E-state index in [-0.39, 0.29) is 5.92 Å². The quantitative estimate of drug-likeness (QED) is 0.860. The van der Waals surface area contributed by atoms with E-state index >= 15 is 0 Å². The van der Waals surface area contributed by atoms with Crippen molar-refractivity contribution < 1.29 is 5.11 Å². The number of aliphatic hydroxyl groups is 1. The Bertz CT molecular complexity index is 642. The zero-order valence-electron chi connectivity index (χ0n) is 13.2. The van der Waals surface area contributed by atoms with Crippen LogP contribution in [0, 0.1) is 34.0 Å². The molecule has 0 aromatic heterocycles. The summed E-state index contributed by atoms with van der Waals surface area (Å²) in [5.41, 5.74) is -0.439. The minimum Gasteiger partial charge on any atom is -0.384 e. The zero-order chi connectivity index (χ0) is 16.2. The van der Waals surface area contributed by atoms with Crippen LogP contribution in [0.1, 0.15) is 50.7 Å². The van der Waals surface area contributed by atoms with E-state index in [1.807, 2.05) is 32.0 Å². The lowest BCUT2D eigenvalue weighted by Gasteiger charge is -2.37. The Morgan fingerprint density at radius 3 is 2.41 bits per heavy atom. The minimum absolute atomic E-state index is 0.0418. The van der Waals surface area contributed by atoms with Gasteiger partial charge in [-0.2, -0.15) is 10.5 Å². The van der Waals surface area contributed by atoms with E-state index in [0.29, 0.717) is 5.56 Å². The van der Waals surface area contributed by atoms with E-state index in [4.69, 9.17) is 5.26 Å². The van der Waals surface area contributed by atoms with Gasteiger partial charge in [-0.25, -0.2) is 0 Å². The fourth-order valence-electron chi connectivity index (χ4n) is 3.29. The normalized spacial score (nSPS) is 18.6. The summed E-state index contributed by atoms with van der Waals surface area (Å²) in [6.45, 7) is 4.09. The lowest BCUT2D eigenvalue weighted by Crippen LogP contribution is -2.44. The molecular formula is C19H22N2O. The molecule has 0 saturated heterocycles. The lowest BCUT2D eigenvalue weighted by molar-refractivity contribution is -0.0209. The van der Waals surface area contributed by atoms with E-state index in [1.165, 1.54) is 0 Å². The van der Waals surface area contributed by atoms with Gasteiger partial charge in [-0.3, -0.25) is 0 Å². The first kappa shape index (κ1) is 16.3. The average molecular weight is 294 g/mol. The van der Waals surface area contributed by atoms with Crippen LogP contribution >= 0.6 is 0 Å². The Morgan fingerprint density at radius 1 is 1.27 bits per heavy atom. The largest absolute Gasteiger partial charge is 0.384 e. The molecule has 1 fully saturated rings. The molecule has 2 rings (SSSR count). The van der Waals surface area contributed by atoms with Crippen LogP contribution in [-0.2, 0) is 0 Å². The van der Waals surface area contributed by atoms with Gasteiger partial charge in [0.15, 0.2) is 0 Å². The zero-order valence-corrected chi connectivity index (χ0v) is 13.2. The molecule has 114 valence electrons. The first-order chi connectivity index (χ1) is 10.6. The summed E-state index contributed by atoms with van der Waals surface area (Å²) >= 11 is 0. The van der Waals surface area contributed by atoms with Crippen LogP contribution in [0.4, 0.5) is 0 Å². The summed E-state index contributed by atoms with van der Waals surface area (Å²) in [5, 5.41) is 30.0. The van der Waals surface area contributed by atoms with Gasteiger partial charge in [0.1, 0.15) is 5.60 Å². The third-order valence-corrected chi connectivity index (χ3v) is 4.94. The van der Waals surface area contributed by atoms with Crippen molar-refractivity contribution in [3.63, 3.8) is 0 Å². The standard InChI is InChI=1S/C19H22N2O/c1-3-17(4-2)19(22,18(14-21)11-12-18)10-9-15-7-5-6-8-16(15)13-20/h5-10,17,22H,3-4,11-12H2,1-2H3/b10-9+/t19-/m1/s1. The maximum Gasteiger partial charge on any atom is 0.104 e. The van der Waals surface area contributed by atoms with Crippen LogP contribution in [-0.4, -0.2) is 10.7 Å². The monoisotopic (exact) mass is 294 g/mol. The highest BCUT2D eigenvalue weighted by Crippen LogP contribution is 2.58. The molecule has 0 heterocycles. The Morgan fingerprint density at radius 2 is 1.91 bits per heavy atom. The number of rotatable bonds is 6. The second kappa shape index (κ2) is 6.34. The predicted molar refractivity (Wildman–Crippen MR) is 86.5 cm³/mol. The SMILES string of the molecule is CCC(CC)[C@](O)(/C=C/c1ccccc1C#N)C1(C#N)CC1. The fourth-order valence-corrected chi connectivity index (χ4v) is 3.29. The van der Waals surface area contributed by atoms with E-state index in [9.17, 15) is 10.4 Å². The summed E-state index contributed by atoms with van der Waals surface area (Å²) in [4.78, 5) is 0. The molecule has 1 aromatic rings. The second-order valence-corrected chi connectivity index (χ2v) is 6.07. The van der Waals surface area contributed by atoms with Gasteiger partial charge < -0.3 is 5.11 Å². The highest BCUT2D eigenvalue weighted by atomic mass is 16.3. The predicted octanol–water partition coefficient (Wildman–Crippen LogP) is 4.04. The van der Waals surface area contributed by atoms with Crippen molar-refractivity contribution in [3.8, 4) is 12.1 Å². The van der Waals surface area contributed by atoms with Crippen LogP contribution in [0.15, 0.2) is 30.3 Å². The highest BCUT2D eigenvalue weighted by Gasteiger charge is 2.60. The van der Waals surface area contributed by atoms with Crippen LogP contribution in [0.5, 0.6) is 0 Å². The molecular weight excluding hydrogens is 272 g/mol. The minimum atomic E-state index is -1.13. The van der Waals surface area contributed by atoms with Gasteiger partial charge in [0, 0.05) is 0 Å². The van der Waals surface area contributed by atoms with Gasteiger partial charge in [0.05, 0.1) is 23.1 Å². The van der Waals surface area contributed by atoms with Crippen molar-refractivity contribution in [2.75, 3.05) is 0 Å². The molecule has 1 N–H and O–H groups in total. The first-order valence-electron chi connectivity index (χ1n) is 7.89. The third-order valence-electron chi connectivity index (χ3n) is 4.94. The fraction of sp³-hybridized carbons (Fsp3) is 0.474. The molecule has 0 unspecified atom stereocenters. The number of hydrogen-bond acceptors (Lipinski definition) is 3. The van der Waals surface area contributed by atoms with Crippen molar-refractivity contribution in [3.05, 3.63) is 41.5 Å². The van der Waals surface area contributed by atoms with E-state index in [0.717, 1.165) is 31.2 Å². The second-order valence-electron chi connectivity index (χ2n) is 6.07. The number of hydrogen-bond donors (Lipinski definition) is 1. The summed E-state index contributed by atoms with van der Waals surface area (Å²) < 4.78 is 0. The topological polar surface area (TPSA) is 67.8 Å². The molecule has 1 aromatic carbocycles. The summed E-state index contributed by atoms with van der Waals surface area (Å²) in [6, 6.07) is 11.8. The molecule has 3 heteroatoms. The maximum absolute atomic E-state index is 11.3. The molecule has 1 aliphatic rings. The van der Waals surface area contributed by atoms with Gasteiger partial charge in [0.25, 0.3) is 0 Å².